The van der Waals surface area contributed by atoms with E-state index in [1.807, 2.05) is 13.0 Å². The van der Waals surface area contributed by atoms with Gasteiger partial charge in [0.25, 0.3) is 0 Å². The highest BCUT2D eigenvalue weighted by molar-refractivity contribution is 7.89. The van der Waals surface area contributed by atoms with E-state index in [1.54, 1.807) is 4.31 Å². The molecule has 4 rings (SSSR count). The average Bonchev–Trinajstić information content (AvgIpc) is 3.34. The Morgan fingerprint density at radius 3 is 2.79 bits per heavy atom. The highest BCUT2D eigenvalue weighted by Crippen LogP contribution is 2.34. The molecule has 1 aliphatic carbocycles. The molecule has 2 aromatic rings. The zero-order chi connectivity index (χ0) is 20.4. The molecule has 3 heterocycles. The predicted octanol–water partition coefficient (Wildman–Crippen LogP) is 2.11. The van der Waals surface area contributed by atoms with Gasteiger partial charge >= 0.3 is 0 Å². The Labute approximate surface area is 172 Å². The van der Waals surface area contributed by atoms with Gasteiger partial charge in [0, 0.05) is 38.4 Å². The minimum absolute atomic E-state index is 0.280. The van der Waals surface area contributed by atoms with Crippen LogP contribution in [0.25, 0.3) is 11.0 Å². The van der Waals surface area contributed by atoms with Crippen LogP contribution >= 0.6 is 0 Å². The summed E-state index contributed by atoms with van der Waals surface area (Å²) in [6.07, 6.45) is 6.23. The normalized spacial score (nSPS) is 19.3. The van der Waals surface area contributed by atoms with E-state index < -0.39 is 10.0 Å². The van der Waals surface area contributed by atoms with Gasteiger partial charge in [-0.15, -0.1) is 0 Å². The molecule has 0 radical (unpaired) electrons. The molecular formula is C20H31N5O3S. The van der Waals surface area contributed by atoms with E-state index in [9.17, 15) is 8.42 Å². The van der Waals surface area contributed by atoms with Crippen molar-refractivity contribution in [3.63, 3.8) is 0 Å². The zero-order valence-electron chi connectivity index (χ0n) is 17.1. The number of nitrogens with zero attached hydrogens (tertiary/aromatic N) is 4. The number of rotatable bonds is 10. The Morgan fingerprint density at radius 1 is 1.24 bits per heavy atom. The van der Waals surface area contributed by atoms with E-state index in [2.05, 4.69) is 9.55 Å². The largest absolute Gasteiger partial charge is 0.382 e. The summed E-state index contributed by atoms with van der Waals surface area (Å²) in [5.74, 6) is 2.67. The van der Waals surface area contributed by atoms with Crippen molar-refractivity contribution in [1.82, 2.24) is 18.8 Å². The summed E-state index contributed by atoms with van der Waals surface area (Å²) < 4.78 is 33.3. The highest BCUT2D eigenvalue weighted by atomic mass is 32.2. The monoisotopic (exact) mass is 421 g/mol. The van der Waals surface area contributed by atoms with Crippen molar-refractivity contribution in [2.24, 2.45) is 5.92 Å². The minimum Gasteiger partial charge on any atom is -0.382 e. The molecule has 0 bridgehead atoms. The van der Waals surface area contributed by atoms with Crippen molar-refractivity contribution in [2.75, 3.05) is 37.8 Å². The number of nitrogens with two attached hydrogens (primary N) is 1. The van der Waals surface area contributed by atoms with Crippen molar-refractivity contribution in [3.8, 4) is 0 Å². The molecule has 0 amide bonds. The molecule has 8 nitrogen and oxygen atoms in total. The maximum Gasteiger partial charge on any atom is 0.214 e. The predicted molar refractivity (Wildman–Crippen MR) is 113 cm³/mol. The number of hydrogen-bond acceptors (Lipinski definition) is 6. The van der Waals surface area contributed by atoms with Crippen LogP contribution in [-0.4, -0.2) is 59.3 Å². The first-order valence-corrected chi connectivity index (χ1v) is 12.2. The van der Waals surface area contributed by atoms with Crippen LogP contribution in [0.5, 0.6) is 0 Å². The molecule has 0 spiro atoms. The number of nitrogen functional groups attached to an aromatic ring is 1. The maximum atomic E-state index is 11.8. The van der Waals surface area contributed by atoms with Crippen molar-refractivity contribution < 1.29 is 13.2 Å². The van der Waals surface area contributed by atoms with E-state index in [0.29, 0.717) is 45.1 Å². The molecule has 0 unspecified atom stereocenters. The summed E-state index contributed by atoms with van der Waals surface area (Å²) in [5, 5.41) is 0. The Morgan fingerprint density at radius 2 is 2.07 bits per heavy atom. The Kier molecular flexibility index (Phi) is 6.08. The molecule has 0 aromatic carbocycles. The SMILES string of the molecule is Cc1cc2c(nc(CCC3CC3)n2CCOCCCN2CCCS2(=O)=O)c(N)n1. The van der Waals surface area contributed by atoms with Gasteiger partial charge in [0.15, 0.2) is 5.82 Å². The number of aryl methyl sites for hydroxylation is 2. The quantitative estimate of drug-likeness (QED) is 0.589. The number of anilines is 1. The molecule has 29 heavy (non-hydrogen) atoms. The van der Waals surface area contributed by atoms with E-state index in [-0.39, 0.29) is 5.75 Å². The van der Waals surface area contributed by atoms with Gasteiger partial charge < -0.3 is 15.0 Å². The molecule has 1 saturated heterocycles. The van der Waals surface area contributed by atoms with Crippen molar-refractivity contribution in [2.45, 2.75) is 52.0 Å². The number of fused-ring (bicyclic) bond motifs is 1. The summed E-state index contributed by atoms with van der Waals surface area (Å²) in [7, 11) is -3.01. The molecule has 9 heteroatoms. The third-order valence-electron chi connectivity index (χ3n) is 5.80. The van der Waals surface area contributed by atoms with Crippen LogP contribution in [0.3, 0.4) is 0 Å². The van der Waals surface area contributed by atoms with Crippen LogP contribution in [0.15, 0.2) is 6.07 Å². The number of pyridine rings is 1. The molecule has 0 atom stereocenters. The lowest BCUT2D eigenvalue weighted by atomic mass is 10.2. The van der Waals surface area contributed by atoms with Crippen LogP contribution in [0.2, 0.25) is 0 Å². The fraction of sp³-hybridized carbons (Fsp3) is 0.700. The minimum atomic E-state index is -3.01. The summed E-state index contributed by atoms with van der Waals surface area (Å²) in [4.78, 5) is 9.13. The molecule has 2 fully saturated rings. The fourth-order valence-corrected chi connectivity index (χ4v) is 5.61. The summed E-state index contributed by atoms with van der Waals surface area (Å²) in [6, 6.07) is 2.04. The topological polar surface area (TPSA) is 103 Å². The second kappa shape index (κ2) is 8.57. The molecular weight excluding hydrogens is 390 g/mol. The van der Waals surface area contributed by atoms with Gasteiger partial charge in [-0.2, -0.15) is 0 Å². The third-order valence-corrected chi connectivity index (χ3v) is 7.76. The van der Waals surface area contributed by atoms with E-state index in [1.165, 1.54) is 19.3 Å². The molecule has 160 valence electrons. The fourth-order valence-electron chi connectivity index (χ4n) is 4.04. The molecule has 2 aromatic heterocycles. The molecule has 2 aliphatic rings. The second-order valence-corrected chi connectivity index (χ2v) is 10.3. The first kappa shape index (κ1) is 20.6. The number of ether oxygens (including phenoxy) is 1. The number of imidazole rings is 1. The van der Waals surface area contributed by atoms with Crippen molar-refractivity contribution >= 4 is 26.9 Å². The van der Waals surface area contributed by atoms with Gasteiger partial charge in [-0.3, -0.25) is 0 Å². The van der Waals surface area contributed by atoms with E-state index in [0.717, 1.165) is 41.3 Å². The van der Waals surface area contributed by atoms with Crippen LogP contribution in [-0.2, 0) is 27.7 Å². The van der Waals surface area contributed by atoms with Crippen molar-refractivity contribution in [3.05, 3.63) is 17.6 Å². The van der Waals surface area contributed by atoms with Gasteiger partial charge in [-0.1, -0.05) is 12.8 Å². The Hall–Kier alpha value is -1.71. The summed E-state index contributed by atoms with van der Waals surface area (Å²) in [5.41, 5.74) is 8.80. The lowest BCUT2D eigenvalue weighted by Crippen LogP contribution is -2.27. The average molecular weight is 422 g/mol. The first-order chi connectivity index (χ1) is 13.9. The first-order valence-electron chi connectivity index (χ1n) is 10.6. The Balaban J connectivity index is 1.34. The third kappa shape index (κ3) is 4.90. The molecule has 1 saturated carbocycles. The second-order valence-electron chi connectivity index (χ2n) is 8.21. The molecule has 2 N–H and O–H groups in total. The Bertz CT molecular complexity index is 968. The lowest BCUT2D eigenvalue weighted by molar-refractivity contribution is 0.120. The zero-order valence-corrected chi connectivity index (χ0v) is 18.0. The summed E-state index contributed by atoms with van der Waals surface area (Å²) in [6.45, 7) is 4.96. The van der Waals surface area contributed by atoms with E-state index in [4.69, 9.17) is 15.5 Å². The smallest absolute Gasteiger partial charge is 0.214 e. The lowest BCUT2D eigenvalue weighted by Gasteiger charge is -2.14. The summed E-state index contributed by atoms with van der Waals surface area (Å²) >= 11 is 0. The maximum absolute atomic E-state index is 11.8. The van der Waals surface area contributed by atoms with Crippen LogP contribution in [0.4, 0.5) is 5.82 Å². The van der Waals surface area contributed by atoms with Crippen LogP contribution in [0, 0.1) is 12.8 Å². The van der Waals surface area contributed by atoms with Crippen LogP contribution in [0.1, 0.15) is 43.6 Å². The number of hydrogen-bond donors (Lipinski definition) is 1. The van der Waals surface area contributed by atoms with Gasteiger partial charge in [0.05, 0.1) is 17.9 Å². The number of sulfonamides is 1. The van der Waals surface area contributed by atoms with Crippen molar-refractivity contribution in [1.29, 1.82) is 0 Å². The van der Waals surface area contributed by atoms with Gasteiger partial charge in [0.2, 0.25) is 10.0 Å². The van der Waals surface area contributed by atoms with Crippen LogP contribution < -0.4 is 5.73 Å². The standard InChI is InChI=1S/C20H31N5O3S/c1-15-14-17-19(20(21)22-15)23-18(7-6-16-4-5-16)25(17)10-12-28-11-2-8-24-9-3-13-29(24,26)27/h14,16H,2-13H2,1H3,(H2,21,22). The van der Waals surface area contributed by atoms with Gasteiger partial charge in [0.1, 0.15) is 11.3 Å². The van der Waals surface area contributed by atoms with E-state index >= 15 is 0 Å². The molecule has 1 aliphatic heterocycles. The van der Waals surface area contributed by atoms with Gasteiger partial charge in [-0.25, -0.2) is 22.7 Å². The highest BCUT2D eigenvalue weighted by Gasteiger charge is 2.27. The van der Waals surface area contributed by atoms with Gasteiger partial charge in [-0.05, 0) is 38.2 Å². The number of aromatic nitrogens is 3.